The van der Waals surface area contributed by atoms with Crippen molar-refractivity contribution in [3.05, 3.63) is 0 Å². The Kier molecular flexibility index (Phi) is 6.47. The predicted octanol–water partition coefficient (Wildman–Crippen LogP) is 0.0343. The summed E-state index contributed by atoms with van der Waals surface area (Å²) in [5.41, 5.74) is 5.29. The number of carbonyl (C=O) groups is 1. The van der Waals surface area contributed by atoms with Crippen LogP contribution in [0.3, 0.4) is 0 Å². The van der Waals surface area contributed by atoms with Crippen LogP contribution in [0.15, 0.2) is 0 Å². The number of carbonyl (C=O) groups excluding carboxylic acids is 1. The highest BCUT2D eigenvalue weighted by Gasteiger charge is 2.30. The van der Waals surface area contributed by atoms with Gasteiger partial charge in [0.15, 0.2) is 0 Å². The van der Waals surface area contributed by atoms with Crippen LogP contribution in [-0.2, 0) is 4.79 Å². The van der Waals surface area contributed by atoms with E-state index in [0.717, 1.165) is 38.8 Å². The maximum atomic E-state index is 12.0. The summed E-state index contributed by atoms with van der Waals surface area (Å²) in [4.78, 5) is 13.9. The number of nitrogens with one attached hydrogen (secondary N) is 1. The van der Waals surface area contributed by atoms with Crippen molar-refractivity contribution < 1.29 is 9.90 Å². The minimum atomic E-state index is -0.846. The summed E-state index contributed by atoms with van der Waals surface area (Å²) >= 11 is 0. The molecular formula is C12H25N3O2. The number of likely N-dealkylation sites (tertiary alicyclic amines) is 1. The second kappa shape index (κ2) is 7.63. The summed E-state index contributed by atoms with van der Waals surface area (Å²) in [5, 5.41) is 12.8. The molecule has 0 radical (unpaired) electrons. The van der Waals surface area contributed by atoms with Crippen LogP contribution in [-0.4, -0.2) is 47.8 Å². The van der Waals surface area contributed by atoms with Gasteiger partial charge in [0, 0.05) is 19.3 Å². The van der Waals surface area contributed by atoms with Crippen LogP contribution < -0.4 is 11.1 Å². The average Bonchev–Trinajstić information content (AvgIpc) is 2.81. The van der Waals surface area contributed by atoms with Gasteiger partial charge in [-0.05, 0) is 38.6 Å². The summed E-state index contributed by atoms with van der Waals surface area (Å²) in [6.45, 7) is 4.08. The van der Waals surface area contributed by atoms with Crippen molar-refractivity contribution in [1.82, 2.24) is 10.2 Å². The van der Waals surface area contributed by atoms with Gasteiger partial charge in [-0.1, -0.05) is 6.92 Å². The lowest BCUT2D eigenvalue weighted by Gasteiger charge is -2.26. The Morgan fingerprint density at radius 2 is 2.41 bits per heavy atom. The van der Waals surface area contributed by atoms with Gasteiger partial charge in [0.1, 0.15) is 6.10 Å². The van der Waals surface area contributed by atoms with E-state index in [-0.39, 0.29) is 5.91 Å². The third-order valence-corrected chi connectivity index (χ3v) is 3.39. The molecule has 1 aliphatic rings. The van der Waals surface area contributed by atoms with Gasteiger partial charge in [-0.3, -0.25) is 4.79 Å². The molecule has 0 saturated carbocycles. The summed E-state index contributed by atoms with van der Waals surface area (Å²) in [6.07, 6.45) is 3.55. The summed E-state index contributed by atoms with van der Waals surface area (Å²) < 4.78 is 0. The van der Waals surface area contributed by atoms with E-state index >= 15 is 0 Å². The fourth-order valence-electron chi connectivity index (χ4n) is 2.39. The highest BCUT2D eigenvalue weighted by Crippen LogP contribution is 2.21. The molecule has 100 valence electrons. The number of amides is 1. The third kappa shape index (κ3) is 4.26. The molecule has 1 rings (SSSR count). The number of nitrogens with two attached hydrogens (primary N) is 1. The first-order valence-corrected chi connectivity index (χ1v) is 6.60. The van der Waals surface area contributed by atoms with Crippen LogP contribution >= 0.6 is 0 Å². The first-order chi connectivity index (χ1) is 8.20. The fourth-order valence-corrected chi connectivity index (χ4v) is 2.39. The predicted molar refractivity (Wildman–Crippen MR) is 67.3 cm³/mol. The molecule has 1 aliphatic heterocycles. The highest BCUT2D eigenvalue weighted by molar-refractivity contribution is 5.81. The zero-order valence-electron chi connectivity index (χ0n) is 10.7. The fraction of sp³-hybridized carbons (Fsp3) is 0.917. The lowest BCUT2D eigenvalue weighted by atomic mass is 10.1. The van der Waals surface area contributed by atoms with Gasteiger partial charge in [-0.2, -0.15) is 0 Å². The molecule has 0 spiro atoms. The van der Waals surface area contributed by atoms with Crippen molar-refractivity contribution in [2.45, 2.75) is 51.2 Å². The molecule has 1 fully saturated rings. The average molecular weight is 243 g/mol. The first-order valence-electron chi connectivity index (χ1n) is 6.60. The first kappa shape index (κ1) is 14.4. The van der Waals surface area contributed by atoms with Gasteiger partial charge in [-0.25, -0.2) is 0 Å². The Balaban J connectivity index is 2.30. The van der Waals surface area contributed by atoms with Crippen LogP contribution in [0.25, 0.3) is 0 Å². The quantitative estimate of drug-likeness (QED) is 0.435. The van der Waals surface area contributed by atoms with E-state index in [4.69, 9.17) is 5.73 Å². The van der Waals surface area contributed by atoms with Gasteiger partial charge in [0.25, 0.3) is 5.91 Å². The Labute approximate surface area is 103 Å². The number of aliphatic hydroxyl groups excluding tert-OH is 1. The molecule has 2 unspecified atom stereocenters. The Hall–Kier alpha value is -0.650. The molecule has 5 heteroatoms. The molecule has 5 nitrogen and oxygen atoms in total. The van der Waals surface area contributed by atoms with Crippen LogP contribution in [0.1, 0.15) is 39.0 Å². The molecular weight excluding hydrogens is 218 g/mol. The molecule has 1 amide bonds. The van der Waals surface area contributed by atoms with Crippen molar-refractivity contribution in [2.24, 2.45) is 5.73 Å². The van der Waals surface area contributed by atoms with Crippen molar-refractivity contribution in [1.29, 1.82) is 0 Å². The van der Waals surface area contributed by atoms with E-state index in [1.807, 2.05) is 4.90 Å². The van der Waals surface area contributed by atoms with Crippen molar-refractivity contribution in [3.8, 4) is 0 Å². The monoisotopic (exact) mass is 243 g/mol. The molecule has 0 aromatic heterocycles. The maximum Gasteiger partial charge on any atom is 0.251 e. The maximum absolute atomic E-state index is 12.0. The van der Waals surface area contributed by atoms with Crippen molar-refractivity contribution >= 4 is 5.91 Å². The van der Waals surface area contributed by atoms with Crippen LogP contribution in [0.4, 0.5) is 0 Å². The smallest absolute Gasteiger partial charge is 0.251 e. The second-order valence-corrected chi connectivity index (χ2v) is 4.60. The largest absolute Gasteiger partial charge is 0.383 e. The van der Waals surface area contributed by atoms with Gasteiger partial charge in [0.05, 0.1) is 0 Å². The number of aliphatic hydroxyl groups is 1. The lowest BCUT2D eigenvalue weighted by Crippen LogP contribution is -2.42. The van der Waals surface area contributed by atoms with Gasteiger partial charge >= 0.3 is 0 Å². The molecule has 0 bridgehead atoms. The van der Waals surface area contributed by atoms with Crippen molar-refractivity contribution in [2.75, 3.05) is 19.8 Å². The lowest BCUT2D eigenvalue weighted by molar-refractivity contribution is -0.141. The minimum Gasteiger partial charge on any atom is -0.383 e. The normalized spacial score (nSPS) is 21.8. The zero-order valence-corrected chi connectivity index (χ0v) is 10.7. The standard InChI is InChI=1S/C12H25N3O2/c1-2-10-5-4-8-15(10)12(17)11(16)6-3-7-14-9-13/h10-11,14,16H,2-9,13H2,1H3. The van der Waals surface area contributed by atoms with Crippen molar-refractivity contribution in [3.63, 3.8) is 0 Å². The summed E-state index contributed by atoms with van der Waals surface area (Å²) in [5.74, 6) is -0.0953. The van der Waals surface area contributed by atoms with E-state index in [9.17, 15) is 9.90 Å². The van der Waals surface area contributed by atoms with Gasteiger partial charge < -0.3 is 21.1 Å². The molecule has 17 heavy (non-hydrogen) atoms. The molecule has 2 atom stereocenters. The molecule has 1 heterocycles. The van der Waals surface area contributed by atoms with Crippen LogP contribution in [0.5, 0.6) is 0 Å². The molecule has 0 aliphatic carbocycles. The molecule has 4 N–H and O–H groups in total. The van der Waals surface area contributed by atoms with E-state index < -0.39 is 6.10 Å². The number of hydrogen-bond acceptors (Lipinski definition) is 4. The number of hydrogen-bond donors (Lipinski definition) is 3. The van der Waals surface area contributed by atoms with Crippen LogP contribution in [0, 0.1) is 0 Å². The van der Waals surface area contributed by atoms with Crippen LogP contribution in [0.2, 0.25) is 0 Å². The summed E-state index contributed by atoms with van der Waals surface area (Å²) in [7, 11) is 0. The molecule has 0 aromatic carbocycles. The summed E-state index contributed by atoms with van der Waals surface area (Å²) in [6, 6.07) is 0.333. The topological polar surface area (TPSA) is 78.6 Å². The number of rotatable bonds is 7. The second-order valence-electron chi connectivity index (χ2n) is 4.60. The Morgan fingerprint density at radius 1 is 1.65 bits per heavy atom. The SMILES string of the molecule is CCC1CCCN1C(=O)C(O)CCCNCN. The number of nitrogens with zero attached hydrogens (tertiary/aromatic N) is 1. The van der Waals surface area contributed by atoms with E-state index in [1.165, 1.54) is 0 Å². The minimum absolute atomic E-state index is 0.0953. The van der Waals surface area contributed by atoms with E-state index in [2.05, 4.69) is 12.2 Å². The Morgan fingerprint density at radius 3 is 3.06 bits per heavy atom. The Bertz CT molecular complexity index is 236. The highest BCUT2D eigenvalue weighted by atomic mass is 16.3. The zero-order chi connectivity index (χ0) is 12.7. The molecule has 1 saturated heterocycles. The molecule has 0 aromatic rings. The van der Waals surface area contributed by atoms with Gasteiger partial charge in [-0.15, -0.1) is 0 Å². The van der Waals surface area contributed by atoms with E-state index in [1.54, 1.807) is 0 Å². The van der Waals surface area contributed by atoms with E-state index in [0.29, 0.717) is 19.1 Å². The van der Waals surface area contributed by atoms with Gasteiger partial charge in [0.2, 0.25) is 0 Å². The third-order valence-electron chi connectivity index (χ3n) is 3.39.